The third-order valence-corrected chi connectivity index (χ3v) is 3.85. The van der Waals surface area contributed by atoms with Gasteiger partial charge in [-0.15, -0.1) is 0 Å². The normalized spacial score (nSPS) is 18.7. The molecule has 1 atom stereocenters. The first-order valence-corrected chi connectivity index (χ1v) is 7.09. The Balaban J connectivity index is 1.80. The van der Waals surface area contributed by atoms with E-state index in [1.165, 1.54) is 4.90 Å². The Morgan fingerprint density at radius 3 is 3.05 bits per heavy atom. The molecule has 0 spiro atoms. The fraction of sp³-hybridized carbons (Fsp3) is 0.400. The Morgan fingerprint density at radius 1 is 1.43 bits per heavy atom. The van der Waals surface area contributed by atoms with Gasteiger partial charge in [0.25, 0.3) is 0 Å². The quantitative estimate of drug-likeness (QED) is 0.920. The molecule has 2 aromatic rings. The van der Waals surface area contributed by atoms with Crippen LogP contribution >= 0.6 is 0 Å². The monoisotopic (exact) mass is 286 g/mol. The number of likely N-dealkylation sites (tertiary alicyclic amines) is 1. The van der Waals surface area contributed by atoms with E-state index in [2.05, 4.69) is 9.97 Å². The first-order chi connectivity index (χ1) is 10.1. The molecule has 1 aliphatic rings. The molecule has 1 N–H and O–H groups in total. The van der Waals surface area contributed by atoms with Gasteiger partial charge in [-0.25, -0.2) is 14.8 Å². The van der Waals surface area contributed by atoms with Crippen LogP contribution < -0.4 is 0 Å². The minimum Gasteiger partial charge on any atom is -0.465 e. The minimum absolute atomic E-state index is 0.168. The molecule has 6 heteroatoms. The summed E-state index contributed by atoms with van der Waals surface area (Å²) in [5.41, 5.74) is 1.89. The van der Waals surface area contributed by atoms with Crippen LogP contribution in [0.3, 0.4) is 0 Å². The summed E-state index contributed by atoms with van der Waals surface area (Å²) in [6.45, 7) is 3.09. The number of piperidine rings is 1. The Kier molecular flexibility index (Phi) is 3.60. The lowest BCUT2D eigenvalue weighted by molar-refractivity contribution is 0.130. The molecular formula is C15H18N4O2. The van der Waals surface area contributed by atoms with Gasteiger partial charge in [0.1, 0.15) is 12.1 Å². The molecular weight excluding hydrogens is 268 g/mol. The van der Waals surface area contributed by atoms with Gasteiger partial charge in [-0.2, -0.15) is 0 Å². The number of carbonyl (C=O) groups is 1. The molecule has 1 saturated heterocycles. The fourth-order valence-corrected chi connectivity index (χ4v) is 2.74. The molecule has 1 aliphatic heterocycles. The minimum atomic E-state index is -0.848. The molecule has 2 aromatic heterocycles. The molecule has 0 bridgehead atoms. The zero-order chi connectivity index (χ0) is 14.8. The molecule has 0 unspecified atom stereocenters. The average molecular weight is 286 g/mol. The smallest absolute Gasteiger partial charge is 0.407 e. The second kappa shape index (κ2) is 5.55. The maximum absolute atomic E-state index is 11.1. The highest BCUT2D eigenvalue weighted by Gasteiger charge is 2.25. The molecule has 0 aliphatic carbocycles. The summed E-state index contributed by atoms with van der Waals surface area (Å²) in [5.74, 6) is 1.00. The van der Waals surface area contributed by atoms with Crippen molar-refractivity contribution in [1.29, 1.82) is 0 Å². The first kappa shape index (κ1) is 13.6. The molecule has 1 fully saturated rings. The molecule has 6 nitrogen and oxygen atoms in total. The number of carboxylic acid groups (broad SMARTS) is 1. The van der Waals surface area contributed by atoms with Gasteiger partial charge in [0.05, 0.1) is 5.69 Å². The van der Waals surface area contributed by atoms with Crippen LogP contribution in [0.15, 0.2) is 30.7 Å². The Hall–Kier alpha value is -2.37. The zero-order valence-electron chi connectivity index (χ0n) is 11.9. The number of nitrogens with zero attached hydrogens (tertiary/aromatic N) is 4. The molecule has 1 amide bonds. The summed E-state index contributed by atoms with van der Waals surface area (Å²) in [6, 6.07) is 5.85. The predicted octanol–water partition coefficient (Wildman–Crippen LogP) is 2.43. The predicted molar refractivity (Wildman–Crippen MR) is 77.7 cm³/mol. The van der Waals surface area contributed by atoms with Crippen LogP contribution in [-0.2, 0) is 0 Å². The summed E-state index contributed by atoms with van der Waals surface area (Å²) in [4.78, 5) is 21.5. The number of imidazole rings is 1. The Morgan fingerprint density at radius 2 is 2.29 bits per heavy atom. The van der Waals surface area contributed by atoms with Gasteiger partial charge in [0, 0.05) is 30.9 Å². The van der Waals surface area contributed by atoms with Crippen molar-refractivity contribution >= 4 is 6.09 Å². The third kappa shape index (κ3) is 2.89. The molecule has 3 rings (SSSR count). The molecule has 0 aromatic carbocycles. The van der Waals surface area contributed by atoms with Crippen LogP contribution in [0.5, 0.6) is 0 Å². The van der Waals surface area contributed by atoms with Crippen molar-refractivity contribution < 1.29 is 9.90 Å². The SMILES string of the molecule is Cc1cccc(-n2cnc([C@H]3CCCN(C(=O)O)C3)c2)n1. The van der Waals surface area contributed by atoms with E-state index in [0.717, 1.165) is 30.0 Å². The number of aromatic nitrogens is 3. The van der Waals surface area contributed by atoms with Crippen LogP contribution in [0, 0.1) is 6.92 Å². The molecule has 3 heterocycles. The van der Waals surface area contributed by atoms with Crippen LogP contribution in [0.4, 0.5) is 4.79 Å². The van der Waals surface area contributed by atoms with E-state index in [4.69, 9.17) is 5.11 Å². The maximum Gasteiger partial charge on any atom is 0.407 e. The van der Waals surface area contributed by atoms with Crippen molar-refractivity contribution in [1.82, 2.24) is 19.4 Å². The van der Waals surface area contributed by atoms with Crippen molar-refractivity contribution in [2.24, 2.45) is 0 Å². The topological polar surface area (TPSA) is 71.2 Å². The Bertz CT molecular complexity index is 653. The number of rotatable bonds is 2. The highest BCUT2D eigenvalue weighted by molar-refractivity contribution is 5.65. The standard InChI is InChI=1S/C15H18N4O2/c1-11-4-2-6-14(17-11)19-9-13(16-10-19)12-5-3-7-18(8-12)15(20)21/h2,4,6,9-10,12H,3,5,7-8H2,1H3,(H,20,21)/t12-/m0/s1. The van der Waals surface area contributed by atoms with E-state index in [0.29, 0.717) is 13.1 Å². The largest absolute Gasteiger partial charge is 0.465 e. The molecule has 0 saturated carbocycles. The van der Waals surface area contributed by atoms with E-state index in [1.807, 2.05) is 35.9 Å². The van der Waals surface area contributed by atoms with Crippen molar-refractivity contribution in [3.05, 3.63) is 42.1 Å². The molecule has 0 radical (unpaired) electrons. The number of pyridine rings is 1. The first-order valence-electron chi connectivity index (χ1n) is 7.09. The van der Waals surface area contributed by atoms with E-state index >= 15 is 0 Å². The highest BCUT2D eigenvalue weighted by Crippen LogP contribution is 2.26. The van der Waals surface area contributed by atoms with Crippen molar-refractivity contribution in [2.75, 3.05) is 13.1 Å². The lowest BCUT2D eigenvalue weighted by atomic mass is 9.95. The van der Waals surface area contributed by atoms with E-state index in [9.17, 15) is 4.79 Å². The summed E-state index contributed by atoms with van der Waals surface area (Å²) in [5, 5.41) is 9.11. The lowest BCUT2D eigenvalue weighted by Gasteiger charge is -2.29. The van der Waals surface area contributed by atoms with Gasteiger partial charge in [-0.3, -0.25) is 4.57 Å². The van der Waals surface area contributed by atoms with E-state index in [-0.39, 0.29) is 5.92 Å². The van der Waals surface area contributed by atoms with Crippen molar-refractivity contribution in [3.63, 3.8) is 0 Å². The summed E-state index contributed by atoms with van der Waals surface area (Å²) >= 11 is 0. The van der Waals surface area contributed by atoms with Crippen LogP contribution in [-0.4, -0.2) is 43.7 Å². The van der Waals surface area contributed by atoms with Gasteiger partial charge in [-0.05, 0) is 31.9 Å². The van der Waals surface area contributed by atoms with Gasteiger partial charge < -0.3 is 10.0 Å². The van der Waals surface area contributed by atoms with Gasteiger partial charge in [-0.1, -0.05) is 6.07 Å². The maximum atomic E-state index is 11.1. The third-order valence-electron chi connectivity index (χ3n) is 3.85. The van der Waals surface area contributed by atoms with E-state index < -0.39 is 6.09 Å². The fourth-order valence-electron chi connectivity index (χ4n) is 2.74. The van der Waals surface area contributed by atoms with E-state index in [1.54, 1.807) is 6.33 Å². The van der Waals surface area contributed by atoms with Crippen LogP contribution in [0.25, 0.3) is 5.82 Å². The number of hydrogen-bond acceptors (Lipinski definition) is 3. The molecule has 110 valence electrons. The van der Waals surface area contributed by atoms with Gasteiger partial charge >= 0.3 is 6.09 Å². The summed E-state index contributed by atoms with van der Waals surface area (Å²) in [7, 11) is 0. The summed E-state index contributed by atoms with van der Waals surface area (Å²) < 4.78 is 1.89. The number of amides is 1. The average Bonchev–Trinajstić information content (AvgIpc) is 2.97. The van der Waals surface area contributed by atoms with Crippen molar-refractivity contribution in [3.8, 4) is 5.82 Å². The van der Waals surface area contributed by atoms with Gasteiger partial charge in [0.15, 0.2) is 0 Å². The molecule has 21 heavy (non-hydrogen) atoms. The Labute approximate surface area is 123 Å². The van der Waals surface area contributed by atoms with Gasteiger partial charge in [0.2, 0.25) is 0 Å². The second-order valence-electron chi connectivity index (χ2n) is 5.41. The second-order valence-corrected chi connectivity index (χ2v) is 5.41. The number of hydrogen-bond donors (Lipinski definition) is 1. The summed E-state index contributed by atoms with van der Waals surface area (Å²) in [6.07, 6.45) is 4.71. The van der Waals surface area contributed by atoms with Crippen molar-refractivity contribution in [2.45, 2.75) is 25.7 Å². The lowest BCUT2D eigenvalue weighted by Crippen LogP contribution is -2.38. The van der Waals surface area contributed by atoms with Crippen LogP contribution in [0.1, 0.15) is 30.1 Å². The zero-order valence-corrected chi connectivity index (χ0v) is 11.9. The number of aryl methyl sites for hydroxylation is 1. The highest BCUT2D eigenvalue weighted by atomic mass is 16.4. The van der Waals surface area contributed by atoms with Crippen LogP contribution in [0.2, 0.25) is 0 Å².